The molecule has 0 radical (unpaired) electrons. The van der Waals surface area contributed by atoms with E-state index in [0.29, 0.717) is 17.1 Å². The first-order valence-electron chi connectivity index (χ1n) is 8.33. The van der Waals surface area contributed by atoms with E-state index in [0.717, 1.165) is 11.8 Å². The van der Waals surface area contributed by atoms with Crippen LogP contribution in [0.15, 0.2) is 46.0 Å². The van der Waals surface area contributed by atoms with Crippen molar-refractivity contribution in [2.45, 2.75) is 5.22 Å². The number of thioether (sulfide) groups is 1. The van der Waals surface area contributed by atoms with Crippen LogP contribution >= 0.6 is 23.4 Å². The van der Waals surface area contributed by atoms with Gasteiger partial charge in [-0.15, -0.1) is 10.2 Å². The molecule has 12 heteroatoms. The maximum Gasteiger partial charge on any atom is 0.289 e. The molecule has 1 aromatic heterocycles. The Hall–Kier alpha value is -3.31. The summed E-state index contributed by atoms with van der Waals surface area (Å²) in [6, 6.07) is 9.14. The van der Waals surface area contributed by atoms with Gasteiger partial charge in [0, 0.05) is 17.8 Å². The molecule has 0 fully saturated rings. The van der Waals surface area contributed by atoms with Crippen LogP contribution < -0.4 is 14.8 Å². The van der Waals surface area contributed by atoms with Gasteiger partial charge in [0.2, 0.25) is 5.91 Å². The van der Waals surface area contributed by atoms with Crippen molar-refractivity contribution >= 4 is 40.6 Å². The number of aromatic nitrogens is 2. The average Bonchev–Trinajstić information content (AvgIpc) is 3.21. The Bertz CT molecular complexity index is 1090. The highest BCUT2D eigenvalue weighted by Crippen LogP contribution is 2.33. The van der Waals surface area contributed by atoms with E-state index in [1.54, 1.807) is 25.3 Å². The summed E-state index contributed by atoms with van der Waals surface area (Å²) >= 11 is 6.78. The smallest absolute Gasteiger partial charge is 0.289 e. The molecule has 0 saturated heterocycles. The topological polar surface area (TPSA) is 130 Å². The van der Waals surface area contributed by atoms with Gasteiger partial charge in [0.25, 0.3) is 16.8 Å². The summed E-state index contributed by atoms with van der Waals surface area (Å²) in [5, 5.41) is 21.5. The van der Waals surface area contributed by atoms with Gasteiger partial charge in [0.1, 0.15) is 16.5 Å². The van der Waals surface area contributed by atoms with Crippen molar-refractivity contribution in [3.8, 4) is 23.0 Å². The Morgan fingerprint density at radius 2 is 2.03 bits per heavy atom. The predicted octanol–water partition coefficient (Wildman–Crippen LogP) is 4.05. The zero-order valence-electron chi connectivity index (χ0n) is 15.7. The van der Waals surface area contributed by atoms with Crippen molar-refractivity contribution in [1.29, 1.82) is 0 Å². The molecule has 156 valence electrons. The Kier molecular flexibility index (Phi) is 6.75. The SMILES string of the molecule is COc1ccc(-c2nnc(SCC(=O)Nc3ccc(Cl)c([N+](=O)[O-])c3)o2)c(OC)c1. The molecule has 0 aliphatic carbocycles. The fraction of sp³-hybridized carbons (Fsp3) is 0.167. The summed E-state index contributed by atoms with van der Waals surface area (Å²) in [6.45, 7) is 0. The first kappa shape index (κ1) is 21.4. The van der Waals surface area contributed by atoms with Crippen LogP contribution in [0.25, 0.3) is 11.5 Å². The minimum Gasteiger partial charge on any atom is -0.497 e. The van der Waals surface area contributed by atoms with E-state index in [-0.39, 0.29) is 33.3 Å². The van der Waals surface area contributed by atoms with E-state index in [9.17, 15) is 14.9 Å². The van der Waals surface area contributed by atoms with Gasteiger partial charge >= 0.3 is 0 Å². The number of nitro groups is 1. The lowest BCUT2D eigenvalue weighted by Crippen LogP contribution is -2.14. The highest BCUT2D eigenvalue weighted by Gasteiger charge is 2.17. The number of methoxy groups -OCH3 is 2. The summed E-state index contributed by atoms with van der Waals surface area (Å²) in [7, 11) is 3.05. The average molecular weight is 451 g/mol. The minimum absolute atomic E-state index is 0.0141. The van der Waals surface area contributed by atoms with Gasteiger partial charge in [-0.05, 0) is 24.3 Å². The number of anilines is 1. The van der Waals surface area contributed by atoms with Crippen LogP contribution in [0.5, 0.6) is 11.5 Å². The first-order valence-corrected chi connectivity index (χ1v) is 9.70. The van der Waals surface area contributed by atoms with Crippen molar-refractivity contribution in [3.63, 3.8) is 0 Å². The molecule has 0 spiro atoms. The zero-order chi connectivity index (χ0) is 21.7. The number of hydrogen-bond donors (Lipinski definition) is 1. The number of nitro benzene ring substituents is 1. The van der Waals surface area contributed by atoms with Crippen LogP contribution in [0.1, 0.15) is 0 Å². The quantitative estimate of drug-likeness (QED) is 0.307. The highest BCUT2D eigenvalue weighted by atomic mass is 35.5. The van der Waals surface area contributed by atoms with Gasteiger partial charge in [-0.1, -0.05) is 23.4 Å². The molecule has 1 heterocycles. The summed E-state index contributed by atoms with van der Waals surface area (Å²) in [5.74, 6) is 0.891. The van der Waals surface area contributed by atoms with E-state index >= 15 is 0 Å². The van der Waals surface area contributed by atoms with Crippen molar-refractivity contribution in [2.75, 3.05) is 25.3 Å². The second kappa shape index (κ2) is 9.46. The Morgan fingerprint density at radius 3 is 2.73 bits per heavy atom. The highest BCUT2D eigenvalue weighted by molar-refractivity contribution is 7.99. The lowest BCUT2D eigenvalue weighted by atomic mass is 10.2. The third-order valence-corrected chi connectivity index (χ3v) is 4.94. The van der Waals surface area contributed by atoms with Crippen LogP contribution in [0.4, 0.5) is 11.4 Å². The molecule has 0 saturated carbocycles. The molecule has 2 aromatic carbocycles. The second-order valence-corrected chi connectivity index (χ2v) is 7.03. The van der Waals surface area contributed by atoms with Gasteiger partial charge in [-0.2, -0.15) is 0 Å². The van der Waals surface area contributed by atoms with E-state index < -0.39 is 10.8 Å². The predicted molar refractivity (Wildman–Crippen MR) is 110 cm³/mol. The normalized spacial score (nSPS) is 10.5. The van der Waals surface area contributed by atoms with Gasteiger partial charge in [0.15, 0.2) is 0 Å². The van der Waals surface area contributed by atoms with Gasteiger partial charge < -0.3 is 19.2 Å². The van der Waals surface area contributed by atoms with Crippen molar-refractivity contribution < 1.29 is 23.6 Å². The molecule has 0 bridgehead atoms. The van der Waals surface area contributed by atoms with Crippen LogP contribution in [0.3, 0.4) is 0 Å². The number of nitrogens with zero attached hydrogens (tertiary/aromatic N) is 3. The minimum atomic E-state index is -0.625. The Labute approximate surface area is 179 Å². The monoisotopic (exact) mass is 450 g/mol. The Balaban J connectivity index is 1.64. The van der Waals surface area contributed by atoms with Crippen LogP contribution in [-0.4, -0.2) is 41.0 Å². The number of carbonyl (C=O) groups excluding carboxylic acids is 1. The largest absolute Gasteiger partial charge is 0.497 e. The standard InChI is InChI=1S/C18H15ClN4O6S/c1-27-11-4-5-12(15(8-11)28-2)17-21-22-18(29-17)30-9-16(24)20-10-3-6-13(19)14(7-10)23(25)26/h3-8H,9H2,1-2H3,(H,20,24). The maximum absolute atomic E-state index is 12.1. The first-order chi connectivity index (χ1) is 14.4. The summed E-state index contributed by atoms with van der Waals surface area (Å²) in [5.41, 5.74) is 0.540. The molecule has 0 unspecified atom stereocenters. The molecule has 3 rings (SSSR count). The number of halogens is 1. The van der Waals surface area contributed by atoms with Gasteiger partial charge in [-0.25, -0.2) is 0 Å². The van der Waals surface area contributed by atoms with E-state index in [1.165, 1.54) is 25.3 Å². The van der Waals surface area contributed by atoms with Crippen molar-refractivity contribution in [2.24, 2.45) is 0 Å². The Morgan fingerprint density at radius 1 is 1.23 bits per heavy atom. The summed E-state index contributed by atoms with van der Waals surface area (Å²) in [4.78, 5) is 22.4. The zero-order valence-corrected chi connectivity index (χ0v) is 17.3. The maximum atomic E-state index is 12.1. The fourth-order valence-electron chi connectivity index (χ4n) is 2.41. The number of nitrogens with one attached hydrogen (secondary N) is 1. The third kappa shape index (κ3) is 4.99. The second-order valence-electron chi connectivity index (χ2n) is 5.70. The van der Waals surface area contributed by atoms with Gasteiger partial charge in [0.05, 0.1) is 30.5 Å². The molecular formula is C18H15ClN4O6S. The van der Waals surface area contributed by atoms with Crippen molar-refractivity contribution in [1.82, 2.24) is 10.2 Å². The van der Waals surface area contributed by atoms with E-state index in [1.807, 2.05) is 0 Å². The lowest BCUT2D eigenvalue weighted by molar-refractivity contribution is -0.384. The molecule has 3 aromatic rings. The van der Waals surface area contributed by atoms with Crippen LogP contribution in [-0.2, 0) is 4.79 Å². The third-order valence-electron chi connectivity index (χ3n) is 3.80. The molecule has 30 heavy (non-hydrogen) atoms. The number of rotatable bonds is 8. The van der Waals surface area contributed by atoms with Crippen LogP contribution in [0.2, 0.25) is 5.02 Å². The molecule has 1 N–H and O–H groups in total. The number of ether oxygens (including phenoxy) is 2. The summed E-state index contributed by atoms with van der Waals surface area (Å²) < 4.78 is 16.1. The summed E-state index contributed by atoms with van der Waals surface area (Å²) in [6.07, 6.45) is 0. The number of hydrogen-bond acceptors (Lipinski definition) is 9. The molecule has 10 nitrogen and oxygen atoms in total. The fourth-order valence-corrected chi connectivity index (χ4v) is 3.16. The molecule has 1 amide bonds. The van der Waals surface area contributed by atoms with Crippen LogP contribution in [0, 0.1) is 10.1 Å². The lowest BCUT2D eigenvalue weighted by Gasteiger charge is -2.07. The number of benzene rings is 2. The number of carbonyl (C=O) groups is 1. The number of amides is 1. The molecule has 0 atom stereocenters. The molecule has 0 aliphatic rings. The molecule has 0 aliphatic heterocycles. The molecular weight excluding hydrogens is 436 g/mol. The van der Waals surface area contributed by atoms with Crippen molar-refractivity contribution in [3.05, 3.63) is 51.5 Å². The van der Waals surface area contributed by atoms with E-state index in [4.69, 9.17) is 25.5 Å². The van der Waals surface area contributed by atoms with E-state index in [2.05, 4.69) is 15.5 Å². The van der Waals surface area contributed by atoms with Gasteiger partial charge in [-0.3, -0.25) is 14.9 Å².